The molecule has 2 aromatic carbocycles. The fraction of sp³-hybridized carbons (Fsp3) is 0.417. The fourth-order valence-electron chi connectivity index (χ4n) is 2.67. The van der Waals surface area contributed by atoms with Crippen molar-refractivity contribution in [2.75, 3.05) is 20.3 Å². The molecule has 168 valence electrons. The molecule has 0 fully saturated rings. The third-order valence-corrected chi connectivity index (χ3v) is 4.12. The molecule has 0 aliphatic heterocycles. The van der Waals surface area contributed by atoms with Gasteiger partial charge in [0.15, 0.2) is 0 Å². The number of carbonyl (C=O) groups is 2. The maximum Gasteiger partial charge on any atom is 0.408 e. The second-order valence-corrected chi connectivity index (χ2v) is 7.98. The van der Waals surface area contributed by atoms with E-state index in [4.69, 9.17) is 18.9 Å². The average molecular weight is 430 g/mol. The smallest absolute Gasteiger partial charge is 0.408 e. The molecule has 0 aliphatic rings. The van der Waals surface area contributed by atoms with Crippen molar-refractivity contribution in [1.29, 1.82) is 0 Å². The van der Waals surface area contributed by atoms with Crippen molar-refractivity contribution in [3.05, 3.63) is 65.7 Å². The maximum absolute atomic E-state index is 12.7. The minimum Gasteiger partial charge on any atom is -0.491 e. The highest BCUT2D eigenvalue weighted by atomic mass is 16.6. The van der Waals surface area contributed by atoms with Crippen LogP contribution < -0.4 is 10.1 Å². The lowest BCUT2D eigenvalue weighted by atomic mass is 10.1. The molecule has 0 spiro atoms. The zero-order valence-corrected chi connectivity index (χ0v) is 18.6. The summed E-state index contributed by atoms with van der Waals surface area (Å²) >= 11 is 0. The van der Waals surface area contributed by atoms with Gasteiger partial charge in [-0.2, -0.15) is 0 Å². The number of amides is 1. The Morgan fingerprint density at radius 1 is 0.935 bits per heavy atom. The molecule has 2 rings (SSSR count). The molecule has 0 heterocycles. The number of ether oxygens (including phenoxy) is 4. The summed E-state index contributed by atoms with van der Waals surface area (Å²) in [7, 11) is 1.61. The van der Waals surface area contributed by atoms with Crippen molar-refractivity contribution in [1.82, 2.24) is 5.32 Å². The van der Waals surface area contributed by atoms with Crippen LogP contribution in [0.2, 0.25) is 0 Å². The minimum atomic E-state index is -0.886. The van der Waals surface area contributed by atoms with Crippen molar-refractivity contribution in [3.63, 3.8) is 0 Å². The summed E-state index contributed by atoms with van der Waals surface area (Å²) in [6.07, 6.45) is -0.424. The van der Waals surface area contributed by atoms with Gasteiger partial charge in [-0.1, -0.05) is 42.5 Å². The molecule has 0 bridgehead atoms. The molecule has 7 nitrogen and oxygen atoms in total. The van der Waals surface area contributed by atoms with E-state index in [1.165, 1.54) is 0 Å². The molecule has 0 saturated heterocycles. The number of benzene rings is 2. The summed E-state index contributed by atoms with van der Waals surface area (Å²) < 4.78 is 21.3. The average Bonchev–Trinajstić information content (AvgIpc) is 2.73. The third kappa shape index (κ3) is 9.53. The first kappa shape index (κ1) is 24.2. The van der Waals surface area contributed by atoms with Crippen LogP contribution in [-0.2, 0) is 32.0 Å². The van der Waals surface area contributed by atoms with Crippen LogP contribution in [0.25, 0.3) is 0 Å². The molecule has 0 saturated carbocycles. The van der Waals surface area contributed by atoms with E-state index in [0.29, 0.717) is 19.0 Å². The van der Waals surface area contributed by atoms with Crippen molar-refractivity contribution < 1.29 is 28.5 Å². The normalized spacial score (nSPS) is 12.0. The predicted molar refractivity (Wildman–Crippen MR) is 117 cm³/mol. The molecular weight excluding hydrogens is 398 g/mol. The Morgan fingerprint density at radius 3 is 2.23 bits per heavy atom. The number of alkyl carbamates (subject to hydrolysis) is 1. The Kier molecular flexibility index (Phi) is 9.34. The highest BCUT2D eigenvalue weighted by molar-refractivity contribution is 5.82. The van der Waals surface area contributed by atoms with Gasteiger partial charge in [0.25, 0.3) is 0 Å². The Hall–Kier alpha value is -3.06. The monoisotopic (exact) mass is 429 g/mol. The van der Waals surface area contributed by atoms with Crippen LogP contribution in [0, 0.1) is 0 Å². The molecule has 31 heavy (non-hydrogen) atoms. The molecule has 7 heteroatoms. The first-order chi connectivity index (χ1) is 14.8. The Bertz CT molecular complexity index is 814. The number of hydrogen-bond donors (Lipinski definition) is 1. The quantitative estimate of drug-likeness (QED) is 0.456. The van der Waals surface area contributed by atoms with Crippen LogP contribution >= 0.6 is 0 Å². The number of methoxy groups -OCH3 is 1. The number of carbonyl (C=O) groups excluding carboxylic acids is 2. The largest absolute Gasteiger partial charge is 0.491 e. The number of esters is 1. The first-order valence-corrected chi connectivity index (χ1v) is 10.2. The number of rotatable bonds is 10. The van der Waals surface area contributed by atoms with Gasteiger partial charge >= 0.3 is 12.1 Å². The second-order valence-electron chi connectivity index (χ2n) is 7.98. The van der Waals surface area contributed by atoms with E-state index in [2.05, 4.69) is 5.32 Å². The van der Waals surface area contributed by atoms with Gasteiger partial charge in [0.2, 0.25) is 0 Å². The zero-order valence-electron chi connectivity index (χ0n) is 18.6. The predicted octanol–water partition coefficient (Wildman–Crippen LogP) is 3.89. The SMILES string of the molecule is COCCOc1ccc(C[C@H](NC(=O)OCc2ccccc2)C(=O)OC(C)(C)C)cc1. The van der Waals surface area contributed by atoms with Crippen LogP contribution in [-0.4, -0.2) is 44.0 Å². The van der Waals surface area contributed by atoms with Gasteiger partial charge < -0.3 is 24.3 Å². The van der Waals surface area contributed by atoms with Gasteiger partial charge in [-0.15, -0.1) is 0 Å². The van der Waals surface area contributed by atoms with E-state index >= 15 is 0 Å². The third-order valence-electron chi connectivity index (χ3n) is 4.12. The van der Waals surface area contributed by atoms with Gasteiger partial charge in [-0.3, -0.25) is 0 Å². The summed E-state index contributed by atoms with van der Waals surface area (Å²) in [5.41, 5.74) is 1.03. The molecule has 1 amide bonds. The molecular formula is C24H31NO6. The molecule has 0 aliphatic carbocycles. The molecule has 0 radical (unpaired) electrons. The van der Waals surface area contributed by atoms with Gasteiger partial charge in [0.1, 0.15) is 30.6 Å². The van der Waals surface area contributed by atoms with Gasteiger partial charge in [0, 0.05) is 13.5 Å². The molecule has 1 atom stereocenters. The van der Waals surface area contributed by atoms with E-state index in [1.54, 1.807) is 27.9 Å². The molecule has 0 aromatic heterocycles. The van der Waals surface area contributed by atoms with Crippen molar-refractivity contribution in [2.24, 2.45) is 0 Å². The summed E-state index contributed by atoms with van der Waals surface area (Å²) in [6, 6.07) is 15.7. The lowest BCUT2D eigenvalue weighted by molar-refractivity contribution is -0.157. The van der Waals surface area contributed by atoms with Crippen molar-refractivity contribution >= 4 is 12.1 Å². The summed E-state index contributed by atoms with van der Waals surface area (Å²) in [6.45, 7) is 6.40. The summed E-state index contributed by atoms with van der Waals surface area (Å²) in [4.78, 5) is 25.0. The number of nitrogens with one attached hydrogen (secondary N) is 1. The lowest BCUT2D eigenvalue weighted by Crippen LogP contribution is -2.45. The topological polar surface area (TPSA) is 83.1 Å². The van der Waals surface area contributed by atoms with Crippen LogP contribution in [0.3, 0.4) is 0 Å². The van der Waals surface area contributed by atoms with Crippen LogP contribution in [0.15, 0.2) is 54.6 Å². The van der Waals surface area contributed by atoms with E-state index in [-0.39, 0.29) is 13.0 Å². The summed E-state index contributed by atoms with van der Waals surface area (Å²) in [5.74, 6) is 0.175. The standard InChI is InChI=1S/C24H31NO6/c1-24(2,3)31-22(26)21(25-23(27)30-17-19-8-6-5-7-9-19)16-18-10-12-20(13-11-18)29-15-14-28-4/h5-13,21H,14-17H2,1-4H3,(H,25,27)/t21-/m0/s1. The fourth-order valence-corrected chi connectivity index (χ4v) is 2.67. The van der Waals surface area contributed by atoms with Crippen molar-refractivity contribution in [3.8, 4) is 5.75 Å². The van der Waals surface area contributed by atoms with Gasteiger partial charge in [-0.25, -0.2) is 9.59 Å². The Labute approximate surface area is 183 Å². The first-order valence-electron chi connectivity index (χ1n) is 10.2. The molecule has 2 aromatic rings. The molecule has 0 unspecified atom stereocenters. The van der Waals surface area contributed by atoms with Gasteiger partial charge in [0.05, 0.1) is 6.61 Å². The summed E-state index contributed by atoms with van der Waals surface area (Å²) in [5, 5.41) is 2.63. The van der Waals surface area contributed by atoms with Crippen LogP contribution in [0.5, 0.6) is 5.75 Å². The van der Waals surface area contributed by atoms with E-state index in [0.717, 1.165) is 11.1 Å². The van der Waals surface area contributed by atoms with Gasteiger partial charge in [-0.05, 0) is 44.0 Å². The van der Waals surface area contributed by atoms with Crippen LogP contribution in [0.1, 0.15) is 31.9 Å². The van der Waals surface area contributed by atoms with Crippen LogP contribution in [0.4, 0.5) is 4.79 Å². The number of hydrogen-bond acceptors (Lipinski definition) is 6. The maximum atomic E-state index is 12.7. The van der Waals surface area contributed by atoms with E-state index in [1.807, 2.05) is 54.6 Å². The van der Waals surface area contributed by atoms with Crippen molar-refractivity contribution in [2.45, 2.75) is 45.4 Å². The van der Waals surface area contributed by atoms with E-state index in [9.17, 15) is 9.59 Å². The highest BCUT2D eigenvalue weighted by Gasteiger charge is 2.27. The highest BCUT2D eigenvalue weighted by Crippen LogP contribution is 2.16. The minimum absolute atomic E-state index is 0.112. The Morgan fingerprint density at radius 2 is 1.61 bits per heavy atom. The van der Waals surface area contributed by atoms with E-state index < -0.39 is 23.7 Å². The Balaban J connectivity index is 2.00. The molecule has 1 N–H and O–H groups in total. The zero-order chi connectivity index (χ0) is 22.7. The lowest BCUT2D eigenvalue weighted by Gasteiger charge is -2.24. The second kappa shape index (κ2) is 12.0.